The van der Waals surface area contributed by atoms with Crippen LogP contribution < -0.4 is 5.73 Å². The first-order valence-electron chi connectivity index (χ1n) is 6.36. The van der Waals surface area contributed by atoms with Gasteiger partial charge >= 0.3 is 0 Å². The second-order valence-corrected chi connectivity index (χ2v) is 4.90. The third-order valence-corrected chi connectivity index (χ3v) is 3.20. The van der Waals surface area contributed by atoms with Crippen molar-refractivity contribution in [3.8, 4) is 0 Å². The van der Waals surface area contributed by atoms with Crippen LogP contribution in [0.25, 0.3) is 0 Å². The summed E-state index contributed by atoms with van der Waals surface area (Å²) in [5.74, 6) is -0.301. The molecule has 0 bridgehead atoms. The maximum Gasteiger partial charge on any atom is 0.128 e. The van der Waals surface area contributed by atoms with Gasteiger partial charge in [-0.25, -0.2) is 4.39 Å². The molecule has 104 valence electrons. The van der Waals surface area contributed by atoms with E-state index < -0.39 is 0 Å². The third kappa shape index (κ3) is 4.11. The van der Waals surface area contributed by atoms with Gasteiger partial charge in [0.1, 0.15) is 10.8 Å². The van der Waals surface area contributed by atoms with Crippen molar-refractivity contribution in [1.29, 1.82) is 0 Å². The SMILES string of the molecule is NC(=S)c1ccc(F)c(COCCc2ccccc2)c1. The van der Waals surface area contributed by atoms with Gasteiger partial charge in [-0.05, 0) is 30.2 Å². The summed E-state index contributed by atoms with van der Waals surface area (Å²) in [5, 5.41) is 0. The molecule has 0 aliphatic carbocycles. The minimum atomic E-state index is -0.301. The Morgan fingerprint density at radius 3 is 2.60 bits per heavy atom. The van der Waals surface area contributed by atoms with Gasteiger partial charge in [0.05, 0.1) is 13.2 Å². The zero-order chi connectivity index (χ0) is 14.4. The Bertz CT molecular complexity index is 586. The van der Waals surface area contributed by atoms with Gasteiger partial charge in [-0.2, -0.15) is 0 Å². The van der Waals surface area contributed by atoms with Crippen molar-refractivity contribution in [2.24, 2.45) is 5.73 Å². The van der Waals surface area contributed by atoms with Crippen LogP contribution in [0, 0.1) is 5.82 Å². The molecule has 0 radical (unpaired) electrons. The highest BCUT2D eigenvalue weighted by Gasteiger charge is 2.05. The van der Waals surface area contributed by atoms with Gasteiger partial charge in [-0.1, -0.05) is 42.5 Å². The molecule has 2 aromatic carbocycles. The maximum absolute atomic E-state index is 13.6. The van der Waals surface area contributed by atoms with Gasteiger partial charge in [0.2, 0.25) is 0 Å². The summed E-state index contributed by atoms with van der Waals surface area (Å²) in [6.07, 6.45) is 0.803. The lowest BCUT2D eigenvalue weighted by Crippen LogP contribution is -2.10. The largest absolute Gasteiger partial charge is 0.389 e. The lowest BCUT2D eigenvalue weighted by Gasteiger charge is -2.07. The predicted octanol–water partition coefficient (Wildman–Crippen LogP) is 3.22. The summed E-state index contributed by atoms with van der Waals surface area (Å²) >= 11 is 4.88. The lowest BCUT2D eigenvalue weighted by atomic mass is 10.1. The van der Waals surface area contributed by atoms with Crippen molar-refractivity contribution < 1.29 is 9.13 Å². The Kier molecular flexibility index (Phi) is 5.21. The van der Waals surface area contributed by atoms with Crippen LogP contribution in [-0.4, -0.2) is 11.6 Å². The van der Waals surface area contributed by atoms with E-state index in [0.29, 0.717) is 17.7 Å². The van der Waals surface area contributed by atoms with Crippen LogP contribution >= 0.6 is 12.2 Å². The predicted molar refractivity (Wildman–Crippen MR) is 82.1 cm³/mol. The Labute approximate surface area is 123 Å². The zero-order valence-corrected chi connectivity index (χ0v) is 11.8. The molecule has 0 aromatic heterocycles. The van der Waals surface area contributed by atoms with E-state index in [-0.39, 0.29) is 17.4 Å². The first-order chi connectivity index (χ1) is 9.66. The van der Waals surface area contributed by atoms with E-state index in [2.05, 4.69) is 0 Å². The van der Waals surface area contributed by atoms with E-state index in [9.17, 15) is 4.39 Å². The van der Waals surface area contributed by atoms with Crippen LogP contribution in [0.15, 0.2) is 48.5 Å². The highest BCUT2D eigenvalue weighted by Crippen LogP contribution is 2.12. The van der Waals surface area contributed by atoms with Gasteiger partial charge in [-0.3, -0.25) is 0 Å². The Hall–Kier alpha value is -1.78. The molecule has 0 saturated carbocycles. The van der Waals surface area contributed by atoms with Crippen LogP contribution in [0.1, 0.15) is 16.7 Å². The second kappa shape index (κ2) is 7.12. The minimum Gasteiger partial charge on any atom is -0.389 e. The van der Waals surface area contributed by atoms with E-state index in [1.165, 1.54) is 11.6 Å². The molecule has 2 nitrogen and oxygen atoms in total. The minimum absolute atomic E-state index is 0.217. The molecule has 0 fully saturated rings. The van der Waals surface area contributed by atoms with Gasteiger partial charge in [0.25, 0.3) is 0 Å². The molecule has 4 heteroatoms. The normalized spacial score (nSPS) is 10.4. The van der Waals surface area contributed by atoms with Crippen LogP contribution in [0.5, 0.6) is 0 Å². The van der Waals surface area contributed by atoms with Crippen LogP contribution in [-0.2, 0) is 17.8 Å². The van der Waals surface area contributed by atoms with Gasteiger partial charge in [0, 0.05) is 11.1 Å². The highest BCUT2D eigenvalue weighted by atomic mass is 32.1. The fourth-order valence-electron chi connectivity index (χ4n) is 1.86. The van der Waals surface area contributed by atoms with Gasteiger partial charge in [-0.15, -0.1) is 0 Å². The molecule has 2 aromatic rings. The number of benzene rings is 2. The monoisotopic (exact) mass is 289 g/mol. The first-order valence-corrected chi connectivity index (χ1v) is 6.77. The van der Waals surface area contributed by atoms with Crippen molar-refractivity contribution in [1.82, 2.24) is 0 Å². The molecule has 0 aliphatic heterocycles. The van der Waals surface area contributed by atoms with Crippen molar-refractivity contribution in [3.05, 3.63) is 71.0 Å². The molecular weight excluding hydrogens is 273 g/mol. The van der Waals surface area contributed by atoms with E-state index in [1.54, 1.807) is 12.1 Å². The third-order valence-electron chi connectivity index (χ3n) is 2.97. The molecule has 20 heavy (non-hydrogen) atoms. The average Bonchev–Trinajstić information content (AvgIpc) is 2.46. The Balaban J connectivity index is 1.88. The summed E-state index contributed by atoms with van der Waals surface area (Å²) < 4.78 is 19.1. The molecule has 0 atom stereocenters. The van der Waals surface area contributed by atoms with Crippen molar-refractivity contribution >= 4 is 17.2 Å². The molecule has 0 saturated heterocycles. The van der Waals surface area contributed by atoms with Crippen molar-refractivity contribution in [3.63, 3.8) is 0 Å². The highest BCUT2D eigenvalue weighted by molar-refractivity contribution is 7.80. The molecule has 0 spiro atoms. The second-order valence-electron chi connectivity index (χ2n) is 4.46. The topological polar surface area (TPSA) is 35.2 Å². The van der Waals surface area contributed by atoms with E-state index in [0.717, 1.165) is 6.42 Å². The molecule has 0 amide bonds. The average molecular weight is 289 g/mol. The summed E-state index contributed by atoms with van der Waals surface area (Å²) in [5.41, 5.74) is 7.86. The Morgan fingerprint density at radius 2 is 1.90 bits per heavy atom. The first kappa shape index (κ1) is 14.6. The van der Waals surface area contributed by atoms with Gasteiger partial charge in [0.15, 0.2) is 0 Å². The van der Waals surface area contributed by atoms with E-state index in [1.807, 2.05) is 30.3 Å². The summed E-state index contributed by atoms with van der Waals surface area (Å²) in [6, 6.07) is 14.6. The fourth-order valence-corrected chi connectivity index (χ4v) is 1.98. The number of hydrogen-bond donors (Lipinski definition) is 1. The molecule has 2 rings (SSSR count). The molecule has 0 heterocycles. The fraction of sp³-hybridized carbons (Fsp3) is 0.188. The van der Waals surface area contributed by atoms with Gasteiger partial charge < -0.3 is 10.5 Å². The van der Waals surface area contributed by atoms with Crippen LogP contribution in [0.3, 0.4) is 0 Å². The quantitative estimate of drug-likeness (QED) is 0.655. The maximum atomic E-state index is 13.6. The molecule has 0 aliphatic rings. The molecule has 0 unspecified atom stereocenters. The summed E-state index contributed by atoms with van der Waals surface area (Å²) in [7, 11) is 0. The number of nitrogens with two attached hydrogens (primary N) is 1. The van der Waals surface area contributed by atoms with Crippen LogP contribution in [0.2, 0.25) is 0 Å². The lowest BCUT2D eigenvalue weighted by molar-refractivity contribution is 0.121. The number of halogens is 1. The van der Waals surface area contributed by atoms with Crippen LogP contribution in [0.4, 0.5) is 4.39 Å². The summed E-state index contributed by atoms with van der Waals surface area (Å²) in [4.78, 5) is 0.260. The Morgan fingerprint density at radius 1 is 1.15 bits per heavy atom. The summed E-state index contributed by atoms with van der Waals surface area (Å²) in [6.45, 7) is 0.760. The van der Waals surface area contributed by atoms with E-state index >= 15 is 0 Å². The number of hydrogen-bond acceptors (Lipinski definition) is 2. The number of rotatable bonds is 6. The smallest absolute Gasteiger partial charge is 0.128 e. The standard InChI is InChI=1S/C16H16FNOS/c17-15-7-6-13(16(18)20)10-14(15)11-19-9-8-12-4-2-1-3-5-12/h1-7,10H,8-9,11H2,(H2,18,20). The van der Waals surface area contributed by atoms with E-state index in [4.69, 9.17) is 22.7 Å². The zero-order valence-electron chi connectivity index (χ0n) is 11.0. The van der Waals surface area contributed by atoms with Crippen molar-refractivity contribution in [2.45, 2.75) is 13.0 Å². The van der Waals surface area contributed by atoms with Crippen molar-refractivity contribution in [2.75, 3.05) is 6.61 Å². The number of thiocarbonyl (C=S) groups is 1. The number of ether oxygens (including phenoxy) is 1. The molecular formula is C16H16FNOS. The molecule has 2 N–H and O–H groups in total.